The zero-order valence-electron chi connectivity index (χ0n) is 15.7. The summed E-state index contributed by atoms with van der Waals surface area (Å²) in [7, 11) is 2.74. The van der Waals surface area contributed by atoms with Crippen molar-refractivity contribution in [1.82, 2.24) is 0 Å². The Morgan fingerprint density at radius 2 is 1.93 bits per heavy atom. The van der Waals surface area contributed by atoms with E-state index in [2.05, 4.69) is 5.32 Å². The van der Waals surface area contributed by atoms with E-state index in [1.165, 1.54) is 31.3 Å². The molecule has 1 aliphatic heterocycles. The molecule has 1 N–H and O–H groups in total. The lowest BCUT2D eigenvalue weighted by Gasteiger charge is -2.17. The topological polar surface area (TPSA) is 111 Å². The maximum Gasteiger partial charge on any atom is 0.296 e. The molecule has 1 fully saturated rings. The molecule has 0 saturated carbocycles. The van der Waals surface area contributed by atoms with Crippen molar-refractivity contribution in [3.8, 4) is 11.5 Å². The minimum Gasteiger partial charge on any atom is -0.493 e. The number of amides is 2. The molecule has 10 heteroatoms. The molecular formula is C19H18ClN3O6. The maximum absolute atomic E-state index is 12.7. The molecule has 0 unspecified atom stereocenters. The number of ether oxygens (including phenoxy) is 2. The first-order valence-electron chi connectivity index (χ1n) is 8.61. The van der Waals surface area contributed by atoms with Crippen molar-refractivity contribution in [1.29, 1.82) is 0 Å². The van der Waals surface area contributed by atoms with Crippen LogP contribution in [-0.4, -0.2) is 37.5 Å². The second-order valence-corrected chi connectivity index (χ2v) is 6.79. The molecule has 9 nitrogen and oxygen atoms in total. The number of halogens is 1. The number of nitrogens with one attached hydrogen (secondary N) is 1. The molecule has 1 saturated heterocycles. The predicted octanol–water partition coefficient (Wildman–Crippen LogP) is 3.26. The van der Waals surface area contributed by atoms with Gasteiger partial charge in [-0.25, -0.2) is 0 Å². The van der Waals surface area contributed by atoms with Crippen LogP contribution in [0.1, 0.15) is 6.42 Å². The fraction of sp³-hybridized carbons (Fsp3) is 0.263. The standard InChI is InChI=1S/C19H18ClN3O6/c1-28-16-8-14(15(23(26)27)9-17(16)29-2)21-19(25)11-6-18(24)22(10-11)13-5-3-4-12(20)7-13/h3-5,7-9,11H,6,10H2,1-2H3,(H,21,25)/t11-/m0/s1. The lowest BCUT2D eigenvalue weighted by Crippen LogP contribution is -2.28. The number of nitro benzene ring substituents is 1. The molecule has 1 aliphatic rings. The first-order chi connectivity index (χ1) is 13.8. The highest BCUT2D eigenvalue weighted by molar-refractivity contribution is 6.31. The van der Waals surface area contributed by atoms with Gasteiger partial charge in [-0.15, -0.1) is 0 Å². The van der Waals surface area contributed by atoms with Gasteiger partial charge in [-0.3, -0.25) is 19.7 Å². The van der Waals surface area contributed by atoms with Crippen LogP contribution in [0.15, 0.2) is 36.4 Å². The Morgan fingerprint density at radius 3 is 2.55 bits per heavy atom. The number of anilines is 2. The van der Waals surface area contributed by atoms with Crippen LogP contribution in [0.5, 0.6) is 11.5 Å². The number of carbonyl (C=O) groups excluding carboxylic acids is 2. The van der Waals surface area contributed by atoms with E-state index in [-0.39, 0.29) is 41.7 Å². The van der Waals surface area contributed by atoms with E-state index in [0.717, 1.165) is 0 Å². The number of hydrogen-bond acceptors (Lipinski definition) is 6. The number of nitrogens with zero attached hydrogens (tertiary/aromatic N) is 2. The molecule has 1 heterocycles. The highest BCUT2D eigenvalue weighted by Crippen LogP contribution is 2.38. The van der Waals surface area contributed by atoms with Crippen molar-refractivity contribution in [2.45, 2.75) is 6.42 Å². The zero-order valence-corrected chi connectivity index (χ0v) is 16.4. The molecule has 2 amide bonds. The number of nitro groups is 1. The van der Waals surface area contributed by atoms with Gasteiger partial charge < -0.3 is 19.7 Å². The molecule has 0 spiro atoms. The Kier molecular flexibility index (Phi) is 5.88. The fourth-order valence-electron chi connectivity index (χ4n) is 3.13. The molecular weight excluding hydrogens is 402 g/mol. The molecule has 2 aromatic rings. The van der Waals surface area contributed by atoms with Crippen LogP contribution in [0, 0.1) is 16.0 Å². The molecule has 0 aromatic heterocycles. The first kappa shape index (κ1) is 20.4. The van der Waals surface area contributed by atoms with Gasteiger partial charge >= 0.3 is 0 Å². The quantitative estimate of drug-likeness (QED) is 0.568. The number of hydrogen-bond donors (Lipinski definition) is 1. The summed E-state index contributed by atoms with van der Waals surface area (Å²) in [6.45, 7) is 0.145. The minimum absolute atomic E-state index is 0.0145. The number of carbonyl (C=O) groups is 2. The SMILES string of the molecule is COc1cc(NC(=O)[C@H]2CC(=O)N(c3cccc(Cl)c3)C2)c([N+](=O)[O-])cc1OC. The molecule has 1 atom stereocenters. The summed E-state index contributed by atoms with van der Waals surface area (Å²) in [6, 6.07) is 9.26. The summed E-state index contributed by atoms with van der Waals surface area (Å²) in [5.74, 6) is -1.00. The lowest BCUT2D eigenvalue weighted by molar-refractivity contribution is -0.384. The largest absolute Gasteiger partial charge is 0.493 e. The normalized spacial score (nSPS) is 15.9. The van der Waals surface area contributed by atoms with Gasteiger partial charge in [-0.2, -0.15) is 0 Å². The van der Waals surface area contributed by atoms with Gasteiger partial charge in [0.25, 0.3) is 5.69 Å². The third-order valence-corrected chi connectivity index (χ3v) is 4.81. The Balaban J connectivity index is 1.82. The third kappa shape index (κ3) is 4.24. The summed E-state index contributed by atoms with van der Waals surface area (Å²) in [6.07, 6.45) is -0.0145. The lowest BCUT2D eigenvalue weighted by atomic mass is 10.1. The smallest absolute Gasteiger partial charge is 0.296 e. The second kappa shape index (κ2) is 8.36. The van der Waals surface area contributed by atoms with Gasteiger partial charge in [0.2, 0.25) is 11.8 Å². The summed E-state index contributed by atoms with van der Waals surface area (Å²) in [5, 5.41) is 14.4. The van der Waals surface area contributed by atoms with E-state index in [4.69, 9.17) is 21.1 Å². The van der Waals surface area contributed by atoms with Crippen LogP contribution in [0.4, 0.5) is 17.1 Å². The summed E-state index contributed by atoms with van der Waals surface area (Å²) in [4.78, 5) is 37.3. The van der Waals surface area contributed by atoms with Crippen molar-refractivity contribution < 1.29 is 24.0 Å². The Labute approximate surface area is 171 Å². The van der Waals surface area contributed by atoms with Crippen molar-refractivity contribution in [3.63, 3.8) is 0 Å². The molecule has 2 aromatic carbocycles. The minimum atomic E-state index is -0.672. The van der Waals surface area contributed by atoms with Gasteiger partial charge in [-0.05, 0) is 18.2 Å². The van der Waals surface area contributed by atoms with Crippen LogP contribution in [0.25, 0.3) is 0 Å². The fourth-order valence-corrected chi connectivity index (χ4v) is 3.32. The van der Waals surface area contributed by atoms with Gasteiger partial charge in [0.1, 0.15) is 5.69 Å². The van der Waals surface area contributed by atoms with Crippen LogP contribution < -0.4 is 19.7 Å². The second-order valence-electron chi connectivity index (χ2n) is 6.36. The van der Waals surface area contributed by atoms with Crippen molar-refractivity contribution in [3.05, 3.63) is 51.5 Å². The van der Waals surface area contributed by atoms with Crippen molar-refractivity contribution in [2.24, 2.45) is 5.92 Å². The molecule has 0 bridgehead atoms. The van der Waals surface area contributed by atoms with Crippen LogP contribution >= 0.6 is 11.6 Å². The highest BCUT2D eigenvalue weighted by Gasteiger charge is 2.36. The van der Waals surface area contributed by atoms with Crippen LogP contribution in [-0.2, 0) is 9.59 Å². The van der Waals surface area contributed by atoms with E-state index in [1.54, 1.807) is 24.3 Å². The third-order valence-electron chi connectivity index (χ3n) is 4.57. The number of methoxy groups -OCH3 is 2. The average molecular weight is 420 g/mol. The average Bonchev–Trinajstić information content (AvgIpc) is 3.09. The molecule has 0 aliphatic carbocycles. The monoisotopic (exact) mass is 419 g/mol. The summed E-state index contributed by atoms with van der Waals surface area (Å²) >= 11 is 5.97. The van der Waals surface area contributed by atoms with Crippen molar-refractivity contribution in [2.75, 3.05) is 31.0 Å². The molecule has 3 rings (SSSR count). The van der Waals surface area contributed by atoms with E-state index in [1.807, 2.05) is 0 Å². The highest BCUT2D eigenvalue weighted by atomic mass is 35.5. The zero-order chi connectivity index (χ0) is 21.1. The maximum atomic E-state index is 12.7. The van der Waals surface area contributed by atoms with E-state index >= 15 is 0 Å². The Morgan fingerprint density at radius 1 is 1.24 bits per heavy atom. The van der Waals surface area contributed by atoms with Gasteiger partial charge in [-0.1, -0.05) is 17.7 Å². The van der Waals surface area contributed by atoms with E-state index < -0.39 is 16.7 Å². The van der Waals surface area contributed by atoms with Crippen LogP contribution in [0.2, 0.25) is 5.02 Å². The van der Waals surface area contributed by atoms with E-state index in [0.29, 0.717) is 10.7 Å². The summed E-state index contributed by atoms with van der Waals surface area (Å²) in [5.41, 5.74) is 0.216. The molecule has 152 valence electrons. The molecule has 0 radical (unpaired) electrons. The number of benzene rings is 2. The van der Waals surface area contributed by atoms with E-state index in [9.17, 15) is 19.7 Å². The Hall–Kier alpha value is -3.33. The van der Waals surface area contributed by atoms with Gasteiger partial charge in [0, 0.05) is 29.7 Å². The van der Waals surface area contributed by atoms with Crippen molar-refractivity contribution >= 4 is 40.5 Å². The first-order valence-corrected chi connectivity index (χ1v) is 8.99. The number of rotatable bonds is 6. The predicted molar refractivity (Wildman–Crippen MR) is 107 cm³/mol. The Bertz CT molecular complexity index is 980. The van der Waals surface area contributed by atoms with Gasteiger partial charge in [0.15, 0.2) is 11.5 Å². The van der Waals surface area contributed by atoms with Crippen LogP contribution in [0.3, 0.4) is 0 Å². The molecule has 29 heavy (non-hydrogen) atoms. The summed E-state index contributed by atoms with van der Waals surface area (Å²) < 4.78 is 10.2. The van der Waals surface area contributed by atoms with Gasteiger partial charge in [0.05, 0.1) is 31.1 Å².